The largest absolute Gasteiger partial charge is 0.459 e. The summed E-state index contributed by atoms with van der Waals surface area (Å²) in [5.41, 5.74) is 2.39. The van der Waals surface area contributed by atoms with Gasteiger partial charge in [-0.1, -0.05) is 29.8 Å². The van der Waals surface area contributed by atoms with Crippen molar-refractivity contribution >= 4 is 51.9 Å². The van der Waals surface area contributed by atoms with Crippen LogP contribution >= 0.6 is 23.8 Å². The molecule has 4 aromatic rings. The van der Waals surface area contributed by atoms with Crippen LogP contribution in [0.5, 0.6) is 0 Å². The molecule has 12 heteroatoms. The summed E-state index contributed by atoms with van der Waals surface area (Å²) >= 11 is 12.3. The second-order valence-electron chi connectivity index (χ2n) is 8.65. The Labute approximate surface area is 233 Å². The first-order valence-electron chi connectivity index (χ1n) is 11.8. The first kappa shape index (κ1) is 26.3. The number of nitro benzene ring substituents is 1. The molecule has 1 fully saturated rings. The van der Waals surface area contributed by atoms with Gasteiger partial charge < -0.3 is 24.7 Å². The van der Waals surface area contributed by atoms with Crippen LogP contribution in [0.3, 0.4) is 0 Å². The number of furan rings is 1. The average molecular weight is 564 g/mol. The molecule has 0 bridgehead atoms. The third-order valence-electron chi connectivity index (χ3n) is 6.14. The van der Waals surface area contributed by atoms with Gasteiger partial charge in [0.05, 0.1) is 27.4 Å². The quantitative estimate of drug-likeness (QED) is 0.159. The number of pyridine rings is 1. The molecular formula is C27H22ClN5O5S. The van der Waals surface area contributed by atoms with Crippen molar-refractivity contribution in [1.29, 1.82) is 0 Å². The van der Waals surface area contributed by atoms with E-state index in [1.165, 1.54) is 19.2 Å². The normalized spacial score (nSPS) is 16.7. The molecule has 10 nitrogen and oxygen atoms in total. The molecule has 2 N–H and O–H groups in total. The van der Waals surface area contributed by atoms with Gasteiger partial charge in [0.1, 0.15) is 24.2 Å². The maximum atomic E-state index is 12.0. The van der Waals surface area contributed by atoms with Crippen molar-refractivity contribution in [2.24, 2.45) is 0 Å². The van der Waals surface area contributed by atoms with E-state index in [0.29, 0.717) is 38.6 Å². The van der Waals surface area contributed by atoms with E-state index in [1.807, 2.05) is 29.2 Å². The fraction of sp³-hybridized carbons (Fsp3) is 0.148. The van der Waals surface area contributed by atoms with Crippen molar-refractivity contribution < 1.29 is 18.9 Å². The number of anilines is 2. The molecule has 1 aliphatic heterocycles. The van der Waals surface area contributed by atoms with Gasteiger partial charge in [-0.15, -0.1) is 0 Å². The Morgan fingerprint density at radius 2 is 2.05 bits per heavy atom. The molecule has 0 spiro atoms. The summed E-state index contributed by atoms with van der Waals surface area (Å²) in [4.78, 5) is 29.2. The van der Waals surface area contributed by atoms with Crippen molar-refractivity contribution in [3.8, 4) is 11.3 Å². The van der Waals surface area contributed by atoms with Gasteiger partial charge in [-0.3, -0.25) is 19.9 Å². The van der Waals surface area contributed by atoms with Crippen molar-refractivity contribution in [3.63, 3.8) is 0 Å². The monoisotopic (exact) mass is 563 g/mol. The molecule has 0 radical (unpaired) electrons. The van der Waals surface area contributed by atoms with Crippen LogP contribution in [0.2, 0.25) is 5.02 Å². The highest BCUT2D eigenvalue weighted by molar-refractivity contribution is 7.80. The lowest BCUT2D eigenvalue weighted by molar-refractivity contribution is -0.384. The number of nitrogens with zero attached hydrogens (tertiary/aromatic N) is 3. The number of hydrogen-bond acceptors (Lipinski definition) is 7. The summed E-state index contributed by atoms with van der Waals surface area (Å²) in [6.45, 7) is -0.0998. The molecule has 3 heterocycles. The summed E-state index contributed by atoms with van der Waals surface area (Å²) in [5, 5.41) is 18.1. The van der Waals surface area contributed by atoms with Gasteiger partial charge in [0, 0.05) is 36.7 Å². The van der Waals surface area contributed by atoms with E-state index in [1.54, 1.807) is 42.6 Å². The predicted molar refractivity (Wildman–Crippen MR) is 151 cm³/mol. The number of halogens is 1. The summed E-state index contributed by atoms with van der Waals surface area (Å²) in [6, 6.07) is 19.8. The molecule has 198 valence electrons. The zero-order valence-corrected chi connectivity index (χ0v) is 22.1. The number of hydrogen-bond donors (Lipinski definition) is 2. The van der Waals surface area contributed by atoms with Gasteiger partial charge in [0.25, 0.3) is 5.69 Å². The lowest BCUT2D eigenvalue weighted by Gasteiger charge is -2.26. The van der Waals surface area contributed by atoms with Gasteiger partial charge in [0.15, 0.2) is 5.11 Å². The fourth-order valence-electron chi connectivity index (χ4n) is 4.43. The molecule has 2 aromatic carbocycles. The molecular weight excluding hydrogens is 542 g/mol. The number of benzene rings is 2. The smallest absolute Gasteiger partial charge is 0.270 e. The number of methoxy groups -OCH3 is 1. The van der Waals surface area contributed by atoms with Gasteiger partial charge in [-0.2, -0.15) is 0 Å². The highest BCUT2D eigenvalue weighted by Crippen LogP contribution is 2.44. The fourth-order valence-corrected chi connectivity index (χ4v) is 5.00. The number of aromatic nitrogens is 1. The van der Waals surface area contributed by atoms with Crippen LogP contribution < -0.4 is 15.5 Å². The summed E-state index contributed by atoms with van der Waals surface area (Å²) < 4.78 is 11.1. The highest BCUT2D eigenvalue weighted by atomic mass is 35.5. The highest BCUT2D eigenvalue weighted by Gasteiger charge is 2.42. The number of carbonyl (C=O) groups is 1. The van der Waals surface area contributed by atoms with E-state index >= 15 is 0 Å². The molecule has 2 atom stereocenters. The van der Waals surface area contributed by atoms with Crippen LogP contribution in [0.25, 0.3) is 11.3 Å². The number of rotatable bonds is 8. The van der Waals surface area contributed by atoms with E-state index in [0.717, 1.165) is 5.69 Å². The molecule has 39 heavy (non-hydrogen) atoms. The maximum Gasteiger partial charge on any atom is 0.270 e. The van der Waals surface area contributed by atoms with E-state index < -0.39 is 11.0 Å². The zero-order valence-electron chi connectivity index (χ0n) is 20.5. The van der Waals surface area contributed by atoms with Gasteiger partial charge in [-0.25, -0.2) is 0 Å². The summed E-state index contributed by atoms with van der Waals surface area (Å²) in [5.74, 6) is 0.705. The van der Waals surface area contributed by atoms with E-state index in [2.05, 4.69) is 15.6 Å². The molecule has 5 rings (SSSR count). The number of nitro groups is 1. The molecule has 2 aromatic heterocycles. The van der Waals surface area contributed by atoms with Crippen molar-refractivity contribution in [1.82, 2.24) is 10.3 Å². The first-order valence-corrected chi connectivity index (χ1v) is 12.6. The Hall–Kier alpha value is -4.32. The second-order valence-corrected chi connectivity index (χ2v) is 9.45. The lowest BCUT2D eigenvalue weighted by atomic mass is 10.0. The predicted octanol–water partition coefficient (Wildman–Crippen LogP) is 5.67. The molecule has 0 unspecified atom stereocenters. The zero-order chi connectivity index (χ0) is 27.5. The first-order chi connectivity index (χ1) is 18.9. The van der Waals surface area contributed by atoms with Crippen molar-refractivity contribution in [2.45, 2.75) is 12.1 Å². The van der Waals surface area contributed by atoms with Gasteiger partial charge in [0.2, 0.25) is 5.91 Å². The number of thiocarbonyl (C=S) groups is 1. The number of nitrogens with one attached hydrogen (secondary N) is 2. The Bertz CT molecular complexity index is 1550. The van der Waals surface area contributed by atoms with E-state index in [-0.39, 0.29) is 24.2 Å². The second kappa shape index (κ2) is 11.2. The topological polar surface area (TPSA) is 123 Å². The Morgan fingerprint density at radius 1 is 1.21 bits per heavy atom. The number of non-ortho nitro benzene ring substituents is 1. The Balaban J connectivity index is 1.54. The maximum absolute atomic E-state index is 12.0. The minimum absolute atomic E-state index is 0.0329. The van der Waals surface area contributed by atoms with Crippen LogP contribution in [-0.4, -0.2) is 34.6 Å². The van der Waals surface area contributed by atoms with Crippen LogP contribution in [0, 0.1) is 10.1 Å². The minimum Gasteiger partial charge on any atom is -0.459 e. The number of ether oxygens (including phenoxy) is 1. The lowest BCUT2D eigenvalue weighted by Crippen LogP contribution is -2.29. The van der Waals surface area contributed by atoms with Crippen LogP contribution in [-0.2, 0) is 9.53 Å². The van der Waals surface area contributed by atoms with Crippen molar-refractivity contribution in [2.75, 3.05) is 23.9 Å². The molecule has 0 aliphatic carbocycles. The summed E-state index contributed by atoms with van der Waals surface area (Å²) in [7, 11) is 1.43. The van der Waals surface area contributed by atoms with Crippen molar-refractivity contribution in [3.05, 3.63) is 106 Å². The third kappa shape index (κ3) is 5.46. The van der Waals surface area contributed by atoms with E-state index in [4.69, 9.17) is 33.0 Å². The molecule has 1 aliphatic rings. The van der Waals surface area contributed by atoms with Gasteiger partial charge >= 0.3 is 0 Å². The molecule has 1 saturated heterocycles. The van der Waals surface area contributed by atoms with Gasteiger partial charge in [-0.05, 0) is 54.7 Å². The average Bonchev–Trinajstić information content (AvgIpc) is 3.55. The minimum atomic E-state index is -0.468. The van der Waals surface area contributed by atoms with E-state index in [9.17, 15) is 14.9 Å². The Kier molecular flexibility index (Phi) is 7.55. The third-order valence-corrected chi connectivity index (χ3v) is 6.77. The molecule has 0 saturated carbocycles. The van der Waals surface area contributed by atoms with Crippen LogP contribution in [0.1, 0.15) is 23.5 Å². The number of carbonyl (C=O) groups excluding carboxylic acids is 1. The SMILES string of the molecule is COCC(=O)Nc1ccc(N2C(=S)N[C@@H](c3ccccn3)[C@@H]2c2ccc(-c3cccc([N+](=O)[O-])c3)o2)cc1Cl. The number of amides is 1. The molecule has 1 amide bonds. The summed E-state index contributed by atoms with van der Waals surface area (Å²) in [6.07, 6.45) is 1.70. The van der Waals surface area contributed by atoms with Crippen LogP contribution in [0.4, 0.5) is 17.1 Å². The standard InChI is InChI=1S/C27H22ClN5O5S/c1-37-15-24(34)30-20-9-8-17(14-19(20)28)32-26(25(31-27(32)39)21-7-2-3-12-29-21)23-11-10-22(38-23)16-5-4-6-18(13-16)33(35)36/h2-14,25-26H,15H2,1H3,(H,30,34)(H,31,39)/t25-,26-/m0/s1. The Morgan fingerprint density at radius 3 is 2.77 bits per heavy atom. The van der Waals surface area contributed by atoms with Crippen LogP contribution in [0.15, 0.2) is 83.4 Å².